The lowest BCUT2D eigenvalue weighted by molar-refractivity contribution is 0.0694. The molecule has 13 nitrogen and oxygen atoms in total. The minimum absolute atomic E-state index is 0.0918. The number of H-pyrrole nitrogens is 1. The third-order valence-corrected chi connectivity index (χ3v) is 9.41. The molecule has 2 atom stereocenters. The van der Waals surface area contributed by atoms with Crippen molar-refractivity contribution in [2.75, 3.05) is 49.6 Å². The van der Waals surface area contributed by atoms with E-state index >= 15 is 4.39 Å². The molecule has 7 rings (SSSR count). The van der Waals surface area contributed by atoms with Crippen LogP contribution in [0.3, 0.4) is 0 Å². The highest BCUT2D eigenvalue weighted by Gasteiger charge is 2.42. The van der Waals surface area contributed by atoms with E-state index in [2.05, 4.69) is 26.8 Å². The first-order valence-electron chi connectivity index (χ1n) is 14.8. The highest BCUT2D eigenvalue weighted by Crippen LogP contribution is 2.47. The highest BCUT2D eigenvalue weighted by atomic mass is 35.5. The molecule has 1 aromatic carbocycles. The largest absolute Gasteiger partial charge is 0.477 e. The van der Waals surface area contributed by atoms with Gasteiger partial charge in [-0.15, -0.1) is 0 Å². The topological polar surface area (TPSA) is 161 Å². The Morgan fingerprint density at radius 2 is 2.02 bits per heavy atom. The molecule has 2 aliphatic heterocycles. The number of rotatable bonds is 5. The summed E-state index contributed by atoms with van der Waals surface area (Å²) in [6.45, 7) is 2.34. The van der Waals surface area contributed by atoms with Gasteiger partial charge in [-0.1, -0.05) is 11.6 Å². The number of likely N-dealkylation sites (N-methyl/N-ethyl adjacent to an activating group) is 1. The number of pyridine rings is 3. The SMILES string of the molecule is CN1C[C@@H]2CCN(c3c(-c4cnc5c(c4)c(=O)c(C(=O)O)cn5C)cnc4[nH]c5c(N(C)C(=O)OCCl)cc(F)c(C#N)c5c34)[C@@H]2C1. The quantitative estimate of drug-likeness (QED) is 0.261. The number of anilines is 2. The summed E-state index contributed by atoms with van der Waals surface area (Å²) in [5.74, 6) is -1.83. The maximum absolute atomic E-state index is 15.8. The fraction of sp³-hybridized carbons (Fsp3) is 0.312. The maximum Gasteiger partial charge on any atom is 0.415 e. The van der Waals surface area contributed by atoms with Crippen LogP contribution in [-0.4, -0.2) is 87.4 Å². The molecule has 2 saturated heterocycles. The van der Waals surface area contributed by atoms with Crippen molar-refractivity contribution in [3.8, 4) is 17.2 Å². The van der Waals surface area contributed by atoms with Crippen molar-refractivity contribution in [2.45, 2.75) is 12.5 Å². The second-order valence-corrected chi connectivity index (χ2v) is 12.2. The van der Waals surface area contributed by atoms with Gasteiger partial charge in [-0.05, 0) is 25.5 Å². The van der Waals surface area contributed by atoms with E-state index in [-0.39, 0.29) is 33.6 Å². The molecule has 0 radical (unpaired) electrons. The summed E-state index contributed by atoms with van der Waals surface area (Å²) < 4.78 is 22.2. The first-order chi connectivity index (χ1) is 22.5. The third kappa shape index (κ3) is 4.64. The van der Waals surface area contributed by atoms with Crippen LogP contribution in [0.5, 0.6) is 0 Å². The van der Waals surface area contributed by atoms with Crippen LogP contribution in [0.4, 0.5) is 20.6 Å². The lowest BCUT2D eigenvalue weighted by Gasteiger charge is -2.29. The molecule has 47 heavy (non-hydrogen) atoms. The van der Waals surface area contributed by atoms with Gasteiger partial charge in [-0.3, -0.25) is 9.69 Å². The van der Waals surface area contributed by atoms with Crippen LogP contribution < -0.4 is 15.2 Å². The van der Waals surface area contributed by atoms with Crippen molar-refractivity contribution >= 4 is 68.0 Å². The van der Waals surface area contributed by atoms with E-state index in [1.165, 1.54) is 17.8 Å². The number of nitriles is 1. The Labute approximate surface area is 271 Å². The van der Waals surface area contributed by atoms with Crippen molar-refractivity contribution in [1.29, 1.82) is 5.26 Å². The molecule has 6 heterocycles. The van der Waals surface area contributed by atoms with Crippen molar-refractivity contribution in [3.63, 3.8) is 0 Å². The van der Waals surface area contributed by atoms with E-state index in [0.717, 1.165) is 30.5 Å². The molecule has 0 unspecified atom stereocenters. The highest BCUT2D eigenvalue weighted by molar-refractivity contribution is 6.21. The van der Waals surface area contributed by atoms with E-state index in [4.69, 9.17) is 21.3 Å². The van der Waals surface area contributed by atoms with Crippen molar-refractivity contribution in [3.05, 3.63) is 57.9 Å². The van der Waals surface area contributed by atoms with E-state index < -0.39 is 29.4 Å². The number of carbonyl (C=O) groups is 2. The van der Waals surface area contributed by atoms with E-state index in [1.807, 2.05) is 6.07 Å². The summed E-state index contributed by atoms with van der Waals surface area (Å²) in [6.07, 6.45) is 4.53. The number of nitrogens with one attached hydrogen (secondary N) is 1. The van der Waals surface area contributed by atoms with Gasteiger partial charge in [-0.2, -0.15) is 5.26 Å². The second kappa shape index (κ2) is 11.2. The average molecular weight is 659 g/mol. The number of carbonyl (C=O) groups excluding carboxylic acids is 1. The molecule has 0 saturated carbocycles. The van der Waals surface area contributed by atoms with Crippen LogP contribution in [0.2, 0.25) is 0 Å². The number of hydrogen-bond donors (Lipinski definition) is 2. The molecule has 15 heteroatoms. The number of amides is 1. The summed E-state index contributed by atoms with van der Waals surface area (Å²) in [5, 5.41) is 20.7. The van der Waals surface area contributed by atoms with Gasteiger partial charge in [0, 0.05) is 80.9 Å². The Bertz CT molecular complexity index is 2260. The second-order valence-electron chi connectivity index (χ2n) is 12.0. The number of hydrogen-bond acceptors (Lipinski definition) is 9. The standard InChI is InChI=1S/C32H28ClFN8O5/c1-39-11-15-4-5-42(23(15)13-39)27-19(16-6-17-28(43)20(31(44)45)12-40(2)30(17)37-9-16)10-36-29-25(27)24-18(8-35)21(34)7-22(26(24)38-29)41(3)32(46)47-14-33/h6-7,9-10,12,15,23H,4-5,11,13-14H2,1-3H3,(H,36,38)(H,44,45)/t15-,23+/m0/s1. The van der Waals surface area contributed by atoms with Crippen LogP contribution in [0.1, 0.15) is 22.3 Å². The van der Waals surface area contributed by atoms with Gasteiger partial charge < -0.3 is 29.2 Å². The Balaban J connectivity index is 1.57. The lowest BCUT2D eigenvalue weighted by atomic mass is 9.98. The minimum Gasteiger partial charge on any atom is -0.477 e. The Morgan fingerprint density at radius 1 is 1.23 bits per heavy atom. The van der Waals surface area contributed by atoms with E-state index in [1.54, 1.807) is 25.5 Å². The first-order valence-corrected chi connectivity index (χ1v) is 15.3. The number of carboxylic acid groups (broad SMARTS) is 1. The van der Waals surface area contributed by atoms with Gasteiger partial charge >= 0.3 is 12.1 Å². The number of aryl methyl sites for hydroxylation is 1. The fourth-order valence-corrected chi connectivity index (χ4v) is 7.30. The molecule has 1 amide bonds. The smallest absolute Gasteiger partial charge is 0.415 e. The Kier molecular flexibility index (Phi) is 7.25. The molecular formula is C32H28ClFN8O5. The number of fused-ring (bicyclic) bond motifs is 5. The number of aromatic amines is 1. The minimum atomic E-state index is -1.35. The van der Waals surface area contributed by atoms with Gasteiger partial charge in [0.2, 0.25) is 5.43 Å². The molecule has 240 valence electrons. The van der Waals surface area contributed by atoms with Gasteiger partial charge in [-0.25, -0.2) is 23.9 Å². The number of alkyl halides is 1. The van der Waals surface area contributed by atoms with E-state index in [0.29, 0.717) is 51.5 Å². The van der Waals surface area contributed by atoms with Crippen molar-refractivity contribution in [1.82, 2.24) is 24.4 Å². The molecule has 2 fully saturated rings. The van der Waals surface area contributed by atoms with Gasteiger partial charge in [0.1, 0.15) is 28.7 Å². The number of ether oxygens (including phenoxy) is 1. The molecule has 0 bridgehead atoms. The Hall–Kier alpha value is -5.26. The summed E-state index contributed by atoms with van der Waals surface area (Å²) in [6, 6.07) is 4.38. The Morgan fingerprint density at radius 3 is 2.74 bits per heavy atom. The molecule has 0 spiro atoms. The summed E-state index contributed by atoms with van der Waals surface area (Å²) >= 11 is 5.62. The monoisotopic (exact) mass is 658 g/mol. The van der Waals surface area contributed by atoms with Gasteiger partial charge in [0.25, 0.3) is 0 Å². The van der Waals surface area contributed by atoms with E-state index in [9.17, 15) is 24.8 Å². The molecule has 2 N–H and O–H groups in total. The molecule has 0 aliphatic carbocycles. The number of nitrogens with zero attached hydrogens (tertiary/aromatic N) is 7. The van der Waals surface area contributed by atoms with Crippen molar-refractivity contribution < 1.29 is 23.8 Å². The number of carboxylic acids is 1. The molecule has 5 aromatic rings. The first kappa shape index (κ1) is 30.4. The van der Waals surface area contributed by atoms with Gasteiger partial charge in [0.05, 0.1) is 33.2 Å². The molecule has 2 aliphatic rings. The average Bonchev–Trinajstić information content (AvgIpc) is 3.73. The van der Waals surface area contributed by atoms with Crippen LogP contribution in [0, 0.1) is 23.1 Å². The predicted octanol–water partition coefficient (Wildman–Crippen LogP) is 4.25. The van der Waals surface area contributed by atoms with Crippen LogP contribution in [0.25, 0.3) is 44.1 Å². The summed E-state index contributed by atoms with van der Waals surface area (Å²) in [7, 11) is 5.08. The summed E-state index contributed by atoms with van der Waals surface area (Å²) in [5.41, 5.74) is 1.50. The summed E-state index contributed by atoms with van der Waals surface area (Å²) in [4.78, 5) is 55.9. The van der Waals surface area contributed by atoms with Crippen LogP contribution in [0.15, 0.2) is 35.5 Å². The maximum atomic E-state index is 15.8. The normalized spacial score (nSPS) is 17.8. The number of benzene rings is 1. The predicted molar refractivity (Wildman–Crippen MR) is 174 cm³/mol. The fourth-order valence-electron chi connectivity index (χ4n) is 7.20. The number of halogens is 2. The number of aromatic nitrogens is 4. The van der Waals surface area contributed by atoms with Gasteiger partial charge in [0.15, 0.2) is 6.07 Å². The third-order valence-electron chi connectivity index (χ3n) is 9.30. The molecular weight excluding hydrogens is 631 g/mol. The van der Waals surface area contributed by atoms with Crippen LogP contribution in [-0.2, 0) is 11.8 Å². The lowest BCUT2D eigenvalue weighted by Crippen LogP contribution is -2.35. The zero-order chi connectivity index (χ0) is 33.3. The number of likely N-dealkylation sites (tertiary alicyclic amines) is 1. The van der Waals surface area contributed by atoms with Crippen molar-refractivity contribution in [2.24, 2.45) is 13.0 Å². The zero-order valence-electron chi connectivity index (χ0n) is 25.5. The van der Waals surface area contributed by atoms with Crippen LogP contribution >= 0.6 is 11.6 Å². The zero-order valence-corrected chi connectivity index (χ0v) is 26.3. The number of aromatic carboxylic acids is 1. The molecule has 4 aromatic heterocycles.